The first-order valence-electron chi connectivity index (χ1n) is 10.5. The summed E-state index contributed by atoms with van der Waals surface area (Å²) in [5, 5.41) is 4.07. The van der Waals surface area contributed by atoms with E-state index < -0.39 is 0 Å². The van der Waals surface area contributed by atoms with E-state index in [0.717, 1.165) is 22.4 Å². The van der Waals surface area contributed by atoms with E-state index in [1.165, 1.54) is 11.8 Å². The minimum Gasteiger partial charge on any atom is -0.490 e. The number of carbonyl (C=O) groups excluding carboxylic acids is 1. The molecule has 33 heavy (non-hydrogen) atoms. The molecule has 0 radical (unpaired) electrons. The average molecular weight is 479 g/mol. The normalized spacial score (nSPS) is 15.7. The third kappa shape index (κ3) is 6.18. The molecule has 1 aliphatic heterocycles. The molecular formula is C26H23ClN2O3S. The first kappa shape index (κ1) is 23.0. The van der Waals surface area contributed by atoms with Crippen LogP contribution in [0.5, 0.6) is 11.5 Å². The van der Waals surface area contributed by atoms with Gasteiger partial charge in [-0.25, -0.2) is 4.99 Å². The third-order valence-corrected chi connectivity index (χ3v) is 5.95. The molecule has 0 spiro atoms. The first-order valence-corrected chi connectivity index (χ1v) is 11.7. The predicted molar refractivity (Wildman–Crippen MR) is 135 cm³/mol. The topological polar surface area (TPSA) is 59.9 Å². The highest BCUT2D eigenvalue weighted by molar-refractivity contribution is 8.18. The molecule has 1 saturated heterocycles. The zero-order valence-electron chi connectivity index (χ0n) is 18.3. The SMILES string of the molecule is CCOc1cc(/C=C2\SC(=Nc3ccc(C)cc3)NC2=O)ccc1OCc1ccc(Cl)cc1. The Morgan fingerprint density at radius 1 is 1.00 bits per heavy atom. The number of halogens is 1. The molecule has 0 bridgehead atoms. The summed E-state index contributed by atoms with van der Waals surface area (Å²) in [5.41, 5.74) is 3.80. The maximum Gasteiger partial charge on any atom is 0.264 e. The zero-order chi connectivity index (χ0) is 23.2. The molecule has 1 N–H and O–H groups in total. The Morgan fingerprint density at radius 2 is 1.76 bits per heavy atom. The Hall–Kier alpha value is -3.22. The van der Waals surface area contributed by atoms with E-state index in [1.54, 1.807) is 0 Å². The number of nitrogens with one attached hydrogen (secondary N) is 1. The Balaban J connectivity index is 1.49. The van der Waals surface area contributed by atoms with Crippen LogP contribution < -0.4 is 14.8 Å². The molecule has 1 amide bonds. The maximum absolute atomic E-state index is 12.4. The second-order valence-corrected chi connectivity index (χ2v) is 8.84. The fourth-order valence-corrected chi connectivity index (χ4v) is 4.08. The van der Waals surface area contributed by atoms with Crippen LogP contribution >= 0.6 is 23.4 Å². The standard InChI is InChI=1S/C26H23ClN2O3S/c1-3-31-23-14-19(8-13-22(23)32-16-18-6-9-20(27)10-7-18)15-24-25(30)29-26(33-24)28-21-11-4-17(2)5-12-21/h4-15H,3,16H2,1-2H3,(H,28,29,30)/b24-15-. The monoisotopic (exact) mass is 478 g/mol. The number of hydrogen-bond acceptors (Lipinski definition) is 5. The van der Waals surface area contributed by atoms with Crippen molar-refractivity contribution in [3.8, 4) is 11.5 Å². The molecule has 5 nitrogen and oxygen atoms in total. The van der Waals surface area contributed by atoms with Gasteiger partial charge < -0.3 is 14.8 Å². The van der Waals surface area contributed by atoms with Gasteiger partial charge in [-0.2, -0.15) is 0 Å². The lowest BCUT2D eigenvalue weighted by Gasteiger charge is -2.13. The molecule has 4 rings (SSSR count). The quantitative estimate of drug-likeness (QED) is 0.393. The molecule has 0 aliphatic carbocycles. The number of aryl methyl sites for hydroxylation is 1. The lowest BCUT2D eigenvalue weighted by atomic mass is 10.2. The molecule has 1 heterocycles. The van der Waals surface area contributed by atoms with E-state index in [1.807, 2.05) is 86.7 Å². The lowest BCUT2D eigenvalue weighted by molar-refractivity contribution is -0.115. The van der Waals surface area contributed by atoms with Crippen LogP contribution in [-0.4, -0.2) is 17.7 Å². The Kier molecular flexibility index (Phi) is 7.37. The number of nitrogens with zero attached hydrogens (tertiary/aromatic N) is 1. The van der Waals surface area contributed by atoms with Crippen LogP contribution in [0.25, 0.3) is 6.08 Å². The number of thioether (sulfide) groups is 1. The van der Waals surface area contributed by atoms with Crippen LogP contribution in [0.15, 0.2) is 76.6 Å². The molecule has 7 heteroatoms. The highest BCUT2D eigenvalue weighted by Crippen LogP contribution is 2.33. The van der Waals surface area contributed by atoms with Crippen LogP contribution in [0.4, 0.5) is 5.69 Å². The Bertz CT molecular complexity index is 1210. The molecular weight excluding hydrogens is 456 g/mol. The summed E-state index contributed by atoms with van der Waals surface area (Å²) in [4.78, 5) is 17.5. The lowest BCUT2D eigenvalue weighted by Crippen LogP contribution is -2.19. The molecule has 1 aliphatic rings. The van der Waals surface area contributed by atoms with Gasteiger partial charge in [0.25, 0.3) is 5.91 Å². The minimum atomic E-state index is -0.174. The van der Waals surface area contributed by atoms with E-state index in [4.69, 9.17) is 21.1 Å². The van der Waals surface area contributed by atoms with Gasteiger partial charge in [0, 0.05) is 5.02 Å². The smallest absolute Gasteiger partial charge is 0.264 e. The number of hydrogen-bond donors (Lipinski definition) is 1. The number of carbonyl (C=O) groups is 1. The van der Waals surface area contributed by atoms with Crippen LogP contribution in [-0.2, 0) is 11.4 Å². The predicted octanol–water partition coefficient (Wildman–Crippen LogP) is 6.52. The van der Waals surface area contributed by atoms with Crippen molar-refractivity contribution in [1.82, 2.24) is 5.32 Å². The fraction of sp³-hybridized carbons (Fsp3) is 0.154. The number of aliphatic imine (C=N–C) groups is 1. The summed E-state index contributed by atoms with van der Waals surface area (Å²) in [6.45, 7) is 4.84. The number of amides is 1. The molecule has 0 atom stereocenters. The largest absolute Gasteiger partial charge is 0.490 e. The number of benzene rings is 3. The van der Waals surface area contributed by atoms with Crippen LogP contribution in [0, 0.1) is 6.92 Å². The Labute approximate surface area is 202 Å². The number of rotatable bonds is 7. The van der Waals surface area contributed by atoms with Crippen LogP contribution in [0.3, 0.4) is 0 Å². The summed E-state index contributed by atoms with van der Waals surface area (Å²) in [6.07, 6.45) is 1.82. The van der Waals surface area contributed by atoms with E-state index in [-0.39, 0.29) is 5.91 Å². The summed E-state index contributed by atoms with van der Waals surface area (Å²) >= 11 is 7.26. The summed E-state index contributed by atoms with van der Waals surface area (Å²) < 4.78 is 11.7. The second-order valence-electron chi connectivity index (χ2n) is 7.37. The van der Waals surface area contributed by atoms with Gasteiger partial charge in [-0.1, -0.05) is 47.5 Å². The summed E-state index contributed by atoms with van der Waals surface area (Å²) in [7, 11) is 0. The van der Waals surface area contributed by atoms with Crippen molar-refractivity contribution in [3.63, 3.8) is 0 Å². The van der Waals surface area contributed by atoms with Crippen molar-refractivity contribution in [2.45, 2.75) is 20.5 Å². The number of ether oxygens (including phenoxy) is 2. The van der Waals surface area contributed by atoms with Gasteiger partial charge in [-0.05, 0) is 79.2 Å². The van der Waals surface area contributed by atoms with Crippen molar-refractivity contribution >= 4 is 46.2 Å². The van der Waals surface area contributed by atoms with Gasteiger partial charge >= 0.3 is 0 Å². The van der Waals surface area contributed by atoms with Gasteiger partial charge in [-0.3, -0.25) is 4.79 Å². The molecule has 0 saturated carbocycles. The van der Waals surface area contributed by atoms with E-state index in [0.29, 0.717) is 39.8 Å². The van der Waals surface area contributed by atoms with Gasteiger partial charge in [0.2, 0.25) is 0 Å². The van der Waals surface area contributed by atoms with Gasteiger partial charge in [0.05, 0.1) is 17.2 Å². The molecule has 3 aromatic carbocycles. The van der Waals surface area contributed by atoms with E-state index >= 15 is 0 Å². The minimum absolute atomic E-state index is 0.174. The van der Waals surface area contributed by atoms with Gasteiger partial charge in [-0.15, -0.1) is 0 Å². The molecule has 168 valence electrons. The Morgan fingerprint density at radius 3 is 2.48 bits per heavy atom. The van der Waals surface area contributed by atoms with Crippen LogP contribution in [0.1, 0.15) is 23.6 Å². The van der Waals surface area contributed by atoms with Crippen molar-refractivity contribution in [3.05, 3.63) is 93.3 Å². The third-order valence-electron chi connectivity index (χ3n) is 4.79. The average Bonchev–Trinajstić information content (AvgIpc) is 3.14. The van der Waals surface area contributed by atoms with E-state index in [2.05, 4.69) is 10.3 Å². The summed E-state index contributed by atoms with van der Waals surface area (Å²) in [5.74, 6) is 1.09. The van der Waals surface area contributed by atoms with Crippen molar-refractivity contribution in [2.75, 3.05) is 6.61 Å². The highest BCUT2D eigenvalue weighted by Gasteiger charge is 2.24. The van der Waals surface area contributed by atoms with Gasteiger partial charge in [0.15, 0.2) is 16.7 Å². The fourth-order valence-electron chi connectivity index (χ4n) is 3.11. The van der Waals surface area contributed by atoms with E-state index in [9.17, 15) is 4.79 Å². The highest BCUT2D eigenvalue weighted by atomic mass is 35.5. The van der Waals surface area contributed by atoms with Crippen molar-refractivity contribution in [2.24, 2.45) is 4.99 Å². The molecule has 0 unspecified atom stereocenters. The zero-order valence-corrected chi connectivity index (χ0v) is 19.9. The first-order chi connectivity index (χ1) is 16.0. The molecule has 0 aromatic heterocycles. The molecule has 1 fully saturated rings. The van der Waals surface area contributed by atoms with Crippen molar-refractivity contribution < 1.29 is 14.3 Å². The second kappa shape index (κ2) is 10.6. The van der Waals surface area contributed by atoms with Crippen LogP contribution in [0.2, 0.25) is 5.02 Å². The maximum atomic E-state index is 12.4. The van der Waals surface area contributed by atoms with Crippen molar-refractivity contribution in [1.29, 1.82) is 0 Å². The molecule has 3 aromatic rings. The number of amidine groups is 1. The summed E-state index contributed by atoms with van der Waals surface area (Å²) in [6, 6.07) is 21.0. The van der Waals surface area contributed by atoms with Gasteiger partial charge in [0.1, 0.15) is 6.61 Å².